The van der Waals surface area contributed by atoms with Gasteiger partial charge >= 0.3 is 11.9 Å². The maximum atomic E-state index is 12.6. The molecule has 0 radical (unpaired) electrons. The van der Waals surface area contributed by atoms with Crippen molar-refractivity contribution in [2.24, 2.45) is 14.1 Å². The molecule has 0 fully saturated rings. The highest BCUT2D eigenvalue weighted by Crippen LogP contribution is 2.21. The second-order valence-electron chi connectivity index (χ2n) is 4.70. The molecule has 1 aromatic heterocycles. The molecule has 0 saturated carbocycles. The molecule has 0 spiro atoms. The highest BCUT2D eigenvalue weighted by molar-refractivity contribution is 7.89. The van der Waals surface area contributed by atoms with Crippen LogP contribution in [0.4, 0.5) is 13.2 Å². The summed E-state index contributed by atoms with van der Waals surface area (Å²) in [6.07, 6.45) is -3.87. The van der Waals surface area contributed by atoms with Crippen molar-refractivity contribution < 1.29 is 21.6 Å². The normalized spacial score (nSPS) is 12.9. The molecule has 0 amide bonds. The van der Waals surface area contributed by atoms with E-state index in [2.05, 4.69) is 0 Å². The van der Waals surface area contributed by atoms with Crippen LogP contribution < -0.4 is 11.2 Å². The highest BCUT2D eigenvalue weighted by Gasteiger charge is 2.38. The Morgan fingerprint density at radius 2 is 1.77 bits per heavy atom. The minimum atomic E-state index is -4.74. The third-order valence-electron chi connectivity index (χ3n) is 2.86. The number of hydrogen-bond acceptors (Lipinski definition) is 4. The lowest BCUT2D eigenvalue weighted by Crippen LogP contribution is -2.45. The lowest BCUT2D eigenvalue weighted by atomic mass is 10.5. The summed E-state index contributed by atoms with van der Waals surface area (Å²) in [6, 6.07) is 0. The van der Waals surface area contributed by atoms with E-state index in [1.54, 1.807) is 0 Å². The largest absolute Gasteiger partial charge is 0.402 e. The molecule has 1 heterocycles. The Morgan fingerprint density at radius 1 is 1.23 bits per heavy atom. The van der Waals surface area contributed by atoms with Crippen LogP contribution in [0.3, 0.4) is 0 Å². The van der Waals surface area contributed by atoms with Gasteiger partial charge in [-0.15, -0.1) is 0 Å². The first-order valence-corrected chi connectivity index (χ1v) is 7.69. The summed E-state index contributed by atoms with van der Waals surface area (Å²) in [7, 11) is -2.41. The topological polar surface area (TPSA) is 81.4 Å². The molecule has 0 atom stereocenters. The Labute approximate surface area is 124 Å². The van der Waals surface area contributed by atoms with Gasteiger partial charge in [0.25, 0.3) is 5.56 Å². The van der Waals surface area contributed by atoms with Crippen molar-refractivity contribution in [3.05, 3.63) is 27.0 Å². The molecule has 0 aliphatic rings. The molecule has 0 saturated heterocycles. The lowest BCUT2D eigenvalue weighted by Gasteiger charge is -2.22. The fourth-order valence-corrected chi connectivity index (χ4v) is 3.49. The van der Waals surface area contributed by atoms with Gasteiger partial charge in [0.05, 0.1) is 0 Å². The average molecular weight is 343 g/mol. The van der Waals surface area contributed by atoms with Crippen LogP contribution in [0.2, 0.25) is 0 Å². The monoisotopic (exact) mass is 343 g/mol. The first-order chi connectivity index (χ1) is 9.91. The van der Waals surface area contributed by atoms with Gasteiger partial charge in [0.15, 0.2) is 4.90 Å². The molecule has 1 aromatic rings. The summed E-state index contributed by atoms with van der Waals surface area (Å²) in [5.74, 6) is 0. The zero-order valence-corrected chi connectivity index (χ0v) is 13.0. The van der Waals surface area contributed by atoms with Crippen LogP contribution in [-0.4, -0.2) is 41.1 Å². The highest BCUT2D eigenvalue weighted by atomic mass is 32.2. The Morgan fingerprint density at radius 3 is 2.23 bits per heavy atom. The number of aryl methyl sites for hydroxylation is 1. The predicted octanol–water partition coefficient (Wildman–Crippen LogP) is 0.0470. The van der Waals surface area contributed by atoms with Crippen LogP contribution in [0.1, 0.15) is 13.3 Å². The van der Waals surface area contributed by atoms with Crippen molar-refractivity contribution in [1.29, 1.82) is 0 Å². The van der Waals surface area contributed by atoms with Crippen molar-refractivity contribution in [3.63, 3.8) is 0 Å². The van der Waals surface area contributed by atoms with E-state index in [1.165, 1.54) is 14.0 Å². The fraction of sp³-hybridized carbons (Fsp3) is 0.636. The SMILES string of the molecule is CCCN(CC(F)(F)F)S(=O)(=O)c1cn(C)c(=O)n(C)c1=O. The van der Waals surface area contributed by atoms with Gasteiger partial charge in [0.2, 0.25) is 10.0 Å². The van der Waals surface area contributed by atoms with Gasteiger partial charge in [-0.05, 0) is 6.42 Å². The maximum Gasteiger partial charge on any atom is 0.402 e. The molecule has 7 nitrogen and oxygen atoms in total. The van der Waals surface area contributed by atoms with Gasteiger partial charge in [0, 0.05) is 26.8 Å². The van der Waals surface area contributed by atoms with Gasteiger partial charge in [-0.25, -0.2) is 13.2 Å². The van der Waals surface area contributed by atoms with Gasteiger partial charge in [-0.1, -0.05) is 6.92 Å². The number of nitrogens with zero attached hydrogens (tertiary/aromatic N) is 3. The summed E-state index contributed by atoms with van der Waals surface area (Å²) in [5.41, 5.74) is -1.94. The van der Waals surface area contributed by atoms with E-state index in [9.17, 15) is 31.2 Å². The Balaban J connectivity index is 3.51. The molecule has 22 heavy (non-hydrogen) atoms. The number of alkyl halides is 3. The minimum absolute atomic E-state index is 0.140. The van der Waals surface area contributed by atoms with Crippen molar-refractivity contribution >= 4 is 10.0 Å². The van der Waals surface area contributed by atoms with Gasteiger partial charge in [-0.3, -0.25) is 9.36 Å². The van der Waals surface area contributed by atoms with Crippen LogP contribution in [0.25, 0.3) is 0 Å². The number of halogens is 3. The second-order valence-corrected chi connectivity index (χ2v) is 6.61. The van der Waals surface area contributed by atoms with Crippen LogP contribution in [0.5, 0.6) is 0 Å². The molecule has 0 bridgehead atoms. The zero-order chi connectivity index (χ0) is 17.3. The first-order valence-electron chi connectivity index (χ1n) is 6.25. The zero-order valence-electron chi connectivity index (χ0n) is 12.2. The van der Waals surface area contributed by atoms with E-state index in [1.807, 2.05) is 0 Å². The Bertz CT molecular complexity index is 764. The molecule has 0 aromatic carbocycles. The maximum absolute atomic E-state index is 12.6. The fourth-order valence-electron chi connectivity index (χ4n) is 1.82. The van der Waals surface area contributed by atoms with Crippen molar-refractivity contribution in [1.82, 2.24) is 13.4 Å². The van der Waals surface area contributed by atoms with Crippen molar-refractivity contribution in [3.8, 4) is 0 Å². The van der Waals surface area contributed by atoms with E-state index in [0.29, 0.717) is 4.57 Å². The van der Waals surface area contributed by atoms with E-state index in [0.717, 1.165) is 17.8 Å². The number of hydrogen-bond donors (Lipinski definition) is 0. The van der Waals surface area contributed by atoms with E-state index in [4.69, 9.17) is 0 Å². The molecular formula is C11H16F3N3O4S. The quantitative estimate of drug-likeness (QED) is 0.756. The standard InChI is InChI=1S/C11H16F3N3O4S/c1-4-5-17(7-11(12,13)14)22(20,21)8-6-15(2)10(19)16(3)9(8)18/h6H,4-5,7H2,1-3H3. The second kappa shape index (κ2) is 6.24. The summed E-state index contributed by atoms with van der Waals surface area (Å²) in [6.45, 7) is -0.583. The van der Waals surface area contributed by atoms with Crippen LogP contribution in [0.15, 0.2) is 20.7 Å². The third kappa shape index (κ3) is 3.77. The minimum Gasteiger partial charge on any atom is -0.302 e. The molecule has 0 unspecified atom stereocenters. The van der Waals surface area contributed by atoms with Crippen molar-refractivity contribution in [2.75, 3.05) is 13.1 Å². The molecule has 0 N–H and O–H groups in total. The Hall–Kier alpha value is -1.62. The smallest absolute Gasteiger partial charge is 0.302 e. The third-order valence-corrected chi connectivity index (χ3v) is 4.69. The van der Waals surface area contributed by atoms with Gasteiger partial charge < -0.3 is 4.57 Å². The number of aromatic nitrogens is 2. The van der Waals surface area contributed by atoms with Crippen molar-refractivity contribution in [2.45, 2.75) is 24.4 Å². The van der Waals surface area contributed by atoms with Crippen LogP contribution >= 0.6 is 0 Å². The number of rotatable bonds is 5. The predicted molar refractivity (Wildman–Crippen MR) is 72.0 cm³/mol. The molecule has 0 aliphatic heterocycles. The molecule has 1 rings (SSSR count). The lowest BCUT2D eigenvalue weighted by molar-refractivity contribution is -0.136. The summed E-state index contributed by atoms with van der Waals surface area (Å²) < 4.78 is 63.9. The van der Waals surface area contributed by atoms with E-state index < -0.39 is 45.4 Å². The van der Waals surface area contributed by atoms with Gasteiger partial charge in [0.1, 0.15) is 6.54 Å². The molecule has 0 aliphatic carbocycles. The van der Waals surface area contributed by atoms with E-state index in [-0.39, 0.29) is 10.7 Å². The molecular weight excluding hydrogens is 327 g/mol. The molecule has 11 heteroatoms. The Kier molecular flexibility index (Phi) is 5.23. The van der Waals surface area contributed by atoms with Crippen LogP contribution in [0, 0.1) is 0 Å². The summed E-state index contributed by atoms with van der Waals surface area (Å²) in [5, 5.41) is 0. The molecule has 126 valence electrons. The van der Waals surface area contributed by atoms with Crippen LogP contribution in [-0.2, 0) is 24.1 Å². The first kappa shape index (κ1) is 18.4. The van der Waals surface area contributed by atoms with E-state index >= 15 is 0 Å². The summed E-state index contributed by atoms with van der Waals surface area (Å²) >= 11 is 0. The average Bonchev–Trinajstić information content (AvgIpc) is 2.38. The summed E-state index contributed by atoms with van der Waals surface area (Å²) in [4.78, 5) is 22.6. The van der Waals surface area contributed by atoms with Gasteiger partial charge in [-0.2, -0.15) is 17.5 Å². The number of sulfonamides is 1.